The molecule has 2 aromatic carbocycles. The van der Waals surface area contributed by atoms with Crippen molar-refractivity contribution in [2.24, 2.45) is 0 Å². The van der Waals surface area contributed by atoms with Gasteiger partial charge in [0.15, 0.2) is 22.4 Å². The van der Waals surface area contributed by atoms with Gasteiger partial charge in [-0.15, -0.1) is 0 Å². The number of carbonyl (C=O) groups is 3. The zero-order valence-corrected chi connectivity index (χ0v) is 21.3. The first-order chi connectivity index (χ1) is 17.8. The second-order valence-electron chi connectivity index (χ2n) is 8.50. The van der Waals surface area contributed by atoms with Crippen molar-refractivity contribution >= 4 is 39.7 Å². The third kappa shape index (κ3) is 4.33. The minimum atomic E-state index is -1.00. The number of ether oxygens (including phenoxy) is 3. The van der Waals surface area contributed by atoms with Gasteiger partial charge in [-0.2, -0.15) is 0 Å². The summed E-state index contributed by atoms with van der Waals surface area (Å²) in [4.78, 5) is 45.0. The Labute approximate surface area is 216 Å². The molecular formula is C27H24N2O7S. The molecule has 1 fully saturated rings. The van der Waals surface area contributed by atoms with Crippen LogP contribution in [0.1, 0.15) is 46.4 Å². The first-order valence-corrected chi connectivity index (χ1v) is 12.5. The van der Waals surface area contributed by atoms with Crippen LogP contribution in [0.5, 0.6) is 17.2 Å². The number of benzene rings is 2. The number of anilines is 1. The Kier molecular flexibility index (Phi) is 6.43. The first-order valence-electron chi connectivity index (χ1n) is 11.7. The maximum Gasteiger partial charge on any atom is 0.301 e. The molecule has 10 heteroatoms. The van der Waals surface area contributed by atoms with Gasteiger partial charge in [0, 0.05) is 12.5 Å². The number of rotatable bonds is 6. The third-order valence-corrected chi connectivity index (χ3v) is 7.31. The maximum atomic E-state index is 13.4. The van der Waals surface area contributed by atoms with Crippen LogP contribution < -0.4 is 19.1 Å². The lowest BCUT2D eigenvalue weighted by molar-refractivity contribution is -0.132. The summed E-state index contributed by atoms with van der Waals surface area (Å²) in [6.07, 6.45) is 0. The number of carbonyl (C=O) groups excluding carboxylic acids is 3. The number of hydrogen-bond donors (Lipinski definition) is 1. The highest BCUT2D eigenvalue weighted by atomic mass is 32.1. The average Bonchev–Trinajstić information content (AvgIpc) is 3.40. The fraction of sp³-hybridized carbons (Fsp3) is 0.259. The number of aryl methyl sites for hydroxylation is 1. The summed E-state index contributed by atoms with van der Waals surface area (Å²) in [5, 5.41) is 11.6. The van der Waals surface area contributed by atoms with E-state index in [9.17, 15) is 19.5 Å². The Hall–Kier alpha value is -4.18. The number of aromatic nitrogens is 1. The normalized spacial score (nSPS) is 18.2. The van der Waals surface area contributed by atoms with Crippen molar-refractivity contribution in [2.75, 3.05) is 24.7 Å². The predicted molar refractivity (Wildman–Crippen MR) is 137 cm³/mol. The molecule has 5 rings (SSSR count). The Morgan fingerprint density at radius 1 is 1.16 bits per heavy atom. The Bertz CT molecular complexity index is 1460. The zero-order valence-electron chi connectivity index (χ0n) is 20.4. The van der Waals surface area contributed by atoms with Crippen LogP contribution in [0.2, 0.25) is 0 Å². The molecule has 190 valence electrons. The highest BCUT2D eigenvalue weighted by molar-refractivity contribution is 7.18. The molecule has 0 aliphatic carbocycles. The summed E-state index contributed by atoms with van der Waals surface area (Å²) in [5.74, 6) is -0.759. The van der Waals surface area contributed by atoms with Crippen molar-refractivity contribution in [2.45, 2.75) is 26.8 Å². The van der Waals surface area contributed by atoms with E-state index in [1.54, 1.807) is 49.4 Å². The van der Waals surface area contributed by atoms with Crippen LogP contribution in [0.25, 0.3) is 5.76 Å². The number of aliphatic hydroxyl groups is 1. The van der Waals surface area contributed by atoms with Gasteiger partial charge in [0.2, 0.25) is 0 Å². The van der Waals surface area contributed by atoms with Crippen molar-refractivity contribution in [1.29, 1.82) is 0 Å². The van der Waals surface area contributed by atoms with Gasteiger partial charge in [-0.05, 0) is 49.7 Å². The monoisotopic (exact) mass is 520 g/mol. The number of fused-ring (bicyclic) bond motifs is 1. The number of nitrogens with zero attached hydrogens (tertiary/aromatic N) is 2. The maximum absolute atomic E-state index is 13.4. The smallest absolute Gasteiger partial charge is 0.301 e. The molecule has 1 saturated heterocycles. The van der Waals surface area contributed by atoms with Gasteiger partial charge in [-0.1, -0.05) is 23.5 Å². The number of ketones is 2. The van der Waals surface area contributed by atoms with E-state index < -0.39 is 17.7 Å². The fourth-order valence-electron chi connectivity index (χ4n) is 4.44. The van der Waals surface area contributed by atoms with Gasteiger partial charge in [-0.25, -0.2) is 4.98 Å². The Balaban J connectivity index is 1.70. The summed E-state index contributed by atoms with van der Waals surface area (Å²) < 4.78 is 16.8. The molecule has 37 heavy (non-hydrogen) atoms. The van der Waals surface area contributed by atoms with E-state index in [1.165, 1.54) is 11.8 Å². The molecule has 1 atom stereocenters. The number of thiazole rings is 1. The molecule has 0 unspecified atom stereocenters. The largest absolute Gasteiger partial charge is 0.507 e. The predicted octanol–water partition coefficient (Wildman–Crippen LogP) is 4.45. The highest BCUT2D eigenvalue weighted by Crippen LogP contribution is 2.45. The van der Waals surface area contributed by atoms with E-state index in [1.807, 2.05) is 6.92 Å². The van der Waals surface area contributed by atoms with Gasteiger partial charge < -0.3 is 19.3 Å². The molecule has 1 aromatic heterocycles. The topological polar surface area (TPSA) is 115 Å². The van der Waals surface area contributed by atoms with Crippen molar-refractivity contribution < 1.29 is 33.7 Å². The zero-order chi connectivity index (χ0) is 26.3. The highest BCUT2D eigenvalue weighted by Gasteiger charge is 2.48. The Morgan fingerprint density at radius 2 is 1.92 bits per heavy atom. The van der Waals surface area contributed by atoms with Crippen molar-refractivity contribution in [3.8, 4) is 17.2 Å². The number of aliphatic hydroxyl groups excluding tert-OH is 1. The summed E-state index contributed by atoms with van der Waals surface area (Å²) in [5.41, 5.74) is 1.20. The minimum absolute atomic E-state index is 0.104. The van der Waals surface area contributed by atoms with Crippen LogP contribution in [0, 0.1) is 6.92 Å². The van der Waals surface area contributed by atoms with E-state index in [-0.39, 0.29) is 22.2 Å². The van der Waals surface area contributed by atoms with E-state index in [0.717, 1.165) is 11.3 Å². The van der Waals surface area contributed by atoms with Crippen LogP contribution >= 0.6 is 11.3 Å². The number of hydrogen-bond acceptors (Lipinski definition) is 9. The molecule has 9 nitrogen and oxygen atoms in total. The molecule has 3 aromatic rings. The molecule has 0 saturated carbocycles. The van der Waals surface area contributed by atoms with Gasteiger partial charge in [0.1, 0.15) is 24.7 Å². The summed E-state index contributed by atoms with van der Waals surface area (Å²) in [6.45, 7) is 6.14. The van der Waals surface area contributed by atoms with Gasteiger partial charge in [-0.3, -0.25) is 19.3 Å². The number of amides is 1. The van der Waals surface area contributed by atoms with Crippen LogP contribution in [0.3, 0.4) is 0 Å². The molecule has 2 aliphatic heterocycles. The Morgan fingerprint density at radius 3 is 2.62 bits per heavy atom. The summed E-state index contributed by atoms with van der Waals surface area (Å²) in [6, 6.07) is 10.8. The fourth-order valence-corrected chi connectivity index (χ4v) is 5.43. The van der Waals surface area contributed by atoms with Crippen LogP contribution in [0.4, 0.5) is 5.13 Å². The quantitative estimate of drug-likeness (QED) is 0.219. The lowest BCUT2D eigenvalue weighted by atomic mass is 9.95. The van der Waals surface area contributed by atoms with Crippen molar-refractivity contribution in [3.63, 3.8) is 0 Å². The lowest BCUT2D eigenvalue weighted by Gasteiger charge is -2.23. The standard InChI is InChI=1S/C27H24N2O7S/c1-4-34-18-7-5-6-16(12-18)22-21(23(31)17-8-9-19-20(13-17)36-11-10-35-19)24(32)26(33)29(22)27-28-14(2)25(37-27)15(3)30/h5-9,12-13,22,31H,4,10-11H2,1-3H3/t22-/m1/s1. The SMILES string of the molecule is CCOc1cccc([C@@H]2C(=C(O)c3ccc4c(c3)OCCO4)C(=O)C(=O)N2c2nc(C)c(C(C)=O)s2)c1. The molecule has 0 bridgehead atoms. The van der Waals surface area contributed by atoms with Crippen LogP contribution in [-0.2, 0) is 9.59 Å². The molecule has 0 spiro atoms. The second-order valence-corrected chi connectivity index (χ2v) is 9.48. The summed E-state index contributed by atoms with van der Waals surface area (Å²) in [7, 11) is 0. The first kappa shape index (κ1) is 24.5. The van der Waals surface area contributed by atoms with Crippen LogP contribution in [-0.4, -0.2) is 47.4 Å². The van der Waals surface area contributed by atoms with Crippen molar-refractivity contribution in [1.82, 2.24) is 4.98 Å². The van der Waals surface area contributed by atoms with E-state index in [4.69, 9.17) is 14.2 Å². The second kappa shape index (κ2) is 9.70. The number of Topliss-reactive ketones (excluding diaryl/α,β-unsaturated/α-hetero) is 2. The molecule has 2 aliphatic rings. The van der Waals surface area contributed by atoms with Gasteiger partial charge in [0.05, 0.1) is 28.8 Å². The van der Waals surface area contributed by atoms with Gasteiger partial charge in [0.25, 0.3) is 5.78 Å². The average molecular weight is 521 g/mol. The molecular weight excluding hydrogens is 496 g/mol. The molecule has 1 N–H and O–H groups in total. The van der Waals surface area contributed by atoms with Crippen molar-refractivity contribution in [3.05, 3.63) is 69.7 Å². The summed E-state index contributed by atoms with van der Waals surface area (Å²) >= 11 is 1.03. The third-order valence-electron chi connectivity index (χ3n) is 6.06. The molecule has 1 amide bonds. The van der Waals surface area contributed by atoms with Crippen LogP contribution in [0.15, 0.2) is 48.0 Å². The van der Waals surface area contributed by atoms with E-state index >= 15 is 0 Å². The molecule has 3 heterocycles. The molecule has 0 radical (unpaired) electrons. The lowest BCUT2D eigenvalue weighted by Crippen LogP contribution is -2.29. The van der Waals surface area contributed by atoms with E-state index in [2.05, 4.69) is 4.98 Å². The van der Waals surface area contributed by atoms with Gasteiger partial charge >= 0.3 is 5.91 Å². The van der Waals surface area contributed by atoms with E-state index in [0.29, 0.717) is 58.8 Å². The minimum Gasteiger partial charge on any atom is -0.507 e.